The van der Waals surface area contributed by atoms with Gasteiger partial charge in [0, 0.05) is 57.8 Å². The summed E-state index contributed by atoms with van der Waals surface area (Å²) < 4.78 is 5.66. The molecule has 5 rings (SSSR count). The highest BCUT2D eigenvalue weighted by Crippen LogP contribution is 2.34. The molecule has 2 aliphatic rings. The van der Waals surface area contributed by atoms with E-state index in [0.29, 0.717) is 25.0 Å². The van der Waals surface area contributed by atoms with Gasteiger partial charge in [-0.2, -0.15) is 0 Å². The van der Waals surface area contributed by atoms with Crippen LogP contribution in [0.1, 0.15) is 42.4 Å². The Morgan fingerprint density at radius 3 is 2.05 bits per heavy atom. The Balaban J connectivity index is 1.16. The van der Waals surface area contributed by atoms with E-state index in [0.717, 1.165) is 57.7 Å². The van der Waals surface area contributed by atoms with E-state index >= 15 is 0 Å². The predicted octanol–water partition coefficient (Wildman–Crippen LogP) is 6.03. The molecule has 0 spiro atoms. The van der Waals surface area contributed by atoms with Crippen LogP contribution < -0.4 is 0 Å². The minimum atomic E-state index is -0.189. The van der Waals surface area contributed by atoms with E-state index in [-0.39, 0.29) is 12.1 Å². The van der Waals surface area contributed by atoms with Crippen molar-refractivity contribution in [2.45, 2.75) is 44.9 Å². The summed E-state index contributed by atoms with van der Waals surface area (Å²) in [7, 11) is 0. The number of ether oxygens (including phenoxy) is 1. The molecular weight excluding hydrogens is 470 g/mol. The first kappa shape index (κ1) is 26.5. The summed E-state index contributed by atoms with van der Waals surface area (Å²) in [4.78, 5) is 20.1. The number of rotatable bonds is 9. The molecule has 0 saturated carbocycles. The van der Waals surface area contributed by atoms with Gasteiger partial charge in [0.05, 0.1) is 0 Å². The van der Waals surface area contributed by atoms with E-state index in [9.17, 15) is 4.79 Å². The largest absolute Gasteiger partial charge is 0.445 e. The molecule has 2 aliphatic heterocycles. The van der Waals surface area contributed by atoms with Crippen molar-refractivity contribution in [2.24, 2.45) is 5.92 Å². The van der Waals surface area contributed by atoms with Gasteiger partial charge in [0.2, 0.25) is 0 Å². The molecule has 2 atom stereocenters. The fourth-order valence-corrected chi connectivity index (χ4v) is 6.28. The Labute approximate surface area is 228 Å². The fourth-order valence-electron chi connectivity index (χ4n) is 6.28. The molecule has 2 fully saturated rings. The van der Waals surface area contributed by atoms with E-state index in [1.54, 1.807) is 0 Å². The lowest BCUT2D eigenvalue weighted by atomic mass is 9.88. The van der Waals surface area contributed by atoms with Gasteiger partial charge in [-0.15, -0.1) is 0 Å². The predicted molar refractivity (Wildman–Crippen MR) is 153 cm³/mol. The summed E-state index contributed by atoms with van der Waals surface area (Å²) >= 11 is 0. The number of likely N-dealkylation sites (tertiary alicyclic amines) is 2. The first-order chi connectivity index (χ1) is 18.7. The highest BCUT2D eigenvalue weighted by Gasteiger charge is 2.36. The van der Waals surface area contributed by atoms with Gasteiger partial charge in [-0.1, -0.05) is 91.0 Å². The molecule has 200 valence electrons. The number of nitrogens with zero attached hydrogens (tertiary/aromatic N) is 3. The molecule has 0 bridgehead atoms. The molecule has 0 radical (unpaired) electrons. The number of hydrogen-bond acceptors (Lipinski definition) is 4. The Morgan fingerprint density at radius 1 is 0.816 bits per heavy atom. The Morgan fingerprint density at radius 2 is 1.42 bits per heavy atom. The highest BCUT2D eigenvalue weighted by molar-refractivity contribution is 5.68. The Hall–Kier alpha value is -3.15. The SMILES string of the molecule is CCN(C(=O)OCc1ccccc1)C1CCN(CC2CN(Cc3ccccc3)C[C@@H]2c2ccccc2)CC1. The first-order valence-electron chi connectivity index (χ1n) is 14.2. The fraction of sp³-hybridized carbons (Fsp3) is 0.424. The number of hydrogen-bond donors (Lipinski definition) is 0. The summed E-state index contributed by atoms with van der Waals surface area (Å²) in [5.41, 5.74) is 3.87. The lowest BCUT2D eigenvalue weighted by molar-refractivity contribution is 0.0603. The maximum absolute atomic E-state index is 12.9. The van der Waals surface area contributed by atoms with E-state index in [2.05, 4.69) is 77.4 Å². The van der Waals surface area contributed by atoms with Crippen LogP contribution >= 0.6 is 0 Å². The van der Waals surface area contributed by atoms with Crippen molar-refractivity contribution in [3.63, 3.8) is 0 Å². The van der Waals surface area contributed by atoms with Crippen molar-refractivity contribution in [1.82, 2.24) is 14.7 Å². The zero-order chi connectivity index (χ0) is 26.2. The van der Waals surface area contributed by atoms with E-state index in [1.165, 1.54) is 11.1 Å². The summed E-state index contributed by atoms with van der Waals surface area (Å²) in [6.45, 7) is 9.50. The van der Waals surface area contributed by atoms with Crippen LogP contribution in [0.15, 0.2) is 91.0 Å². The van der Waals surface area contributed by atoms with E-state index in [1.807, 2.05) is 35.2 Å². The van der Waals surface area contributed by atoms with Crippen LogP contribution in [0.2, 0.25) is 0 Å². The van der Waals surface area contributed by atoms with Crippen LogP contribution in [0.25, 0.3) is 0 Å². The van der Waals surface area contributed by atoms with Crippen molar-refractivity contribution in [3.05, 3.63) is 108 Å². The van der Waals surface area contributed by atoms with E-state index in [4.69, 9.17) is 4.74 Å². The van der Waals surface area contributed by atoms with Crippen LogP contribution in [0, 0.1) is 5.92 Å². The van der Waals surface area contributed by atoms with Crippen molar-refractivity contribution in [1.29, 1.82) is 0 Å². The molecule has 3 aromatic rings. The van der Waals surface area contributed by atoms with E-state index < -0.39 is 0 Å². The molecule has 0 aromatic heterocycles. The van der Waals surface area contributed by atoms with Crippen molar-refractivity contribution in [3.8, 4) is 0 Å². The Kier molecular flexibility index (Phi) is 9.11. The third kappa shape index (κ3) is 6.83. The number of carbonyl (C=O) groups excluding carboxylic acids is 1. The van der Waals surface area contributed by atoms with Crippen molar-refractivity contribution < 1.29 is 9.53 Å². The normalized spacial score (nSPS) is 20.9. The second-order valence-electron chi connectivity index (χ2n) is 10.8. The lowest BCUT2D eigenvalue weighted by Crippen LogP contribution is -2.48. The molecule has 2 heterocycles. The number of amides is 1. The average molecular weight is 512 g/mol. The van der Waals surface area contributed by atoms with Crippen LogP contribution in [0.3, 0.4) is 0 Å². The molecule has 2 saturated heterocycles. The van der Waals surface area contributed by atoms with Gasteiger partial charge in [-0.3, -0.25) is 4.90 Å². The van der Waals surface area contributed by atoms with Crippen molar-refractivity contribution in [2.75, 3.05) is 39.3 Å². The first-order valence-corrected chi connectivity index (χ1v) is 14.2. The second-order valence-corrected chi connectivity index (χ2v) is 10.8. The number of piperidine rings is 1. The third-order valence-corrected chi connectivity index (χ3v) is 8.26. The van der Waals surface area contributed by atoms with Gasteiger partial charge in [-0.05, 0) is 42.4 Å². The van der Waals surface area contributed by atoms with Gasteiger partial charge >= 0.3 is 6.09 Å². The van der Waals surface area contributed by atoms with Crippen LogP contribution in [-0.4, -0.2) is 66.1 Å². The molecule has 0 N–H and O–H groups in total. The molecule has 0 aliphatic carbocycles. The van der Waals surface area contributed by atoms with Gasteiger partial charge < -0.3 is 14.5 Å². The maximum atomic E-state index is 12.9. The summed E-state index contributed by atoms with van der Waals surface area (Å²) in [6, 6.07) is 32.1. The monoisotopic (exact) mass is 511 g/mol. The molecule has 38 heavy (non-hydrogen) atoms. The van der Waals surface area contributed by atoms with Crippen LogP contribution in [-0.2, 0) is 17.9 Å². The van der Waals surface area contributed by atoms with Crippen LogP contribution in [0.5, 0.6) is 0 Å². The van der Waals surface area contributed by atoms with Gasteiger partial charge in [0.25, 0.3) is 0 Å². The minimum Gasteiger partial charge on any atom is -0.445 e. The molecule has 1 unspecified atom stereocenters. The average Bonchev–Trinajstić information content (AvgIpc) is 3.36. The van der Waals surface area contributed by atoms with Gasteiger partial charge in [0.15, 0.2) is 0 Å². The standard InChI is InChI=1S/C33H41N3O2/c1-2-36(33(37)38-26-28-14-8-4-9-15-28)31-18-20-34(21-19-31)23-30-24-35(22-27-12-6-3-7-13-27)25-32(30)29-16-10-5-11-17-29/h3-17,30-32H,2,18-26H2,1H3/t30?,32-/m1/s1. The summed E-state index contributed by atoms with van der Waals surface area (Å²) in [5, 5.41) is 0. The Bertz CT molecular complexity index is 1120. The highest BCUT2D eigenvalue weighted by atomic mass is 16.6. The lowest BCUT2D eigenvalue weighted by Gasteiger charge is -2.39. The molecule has 1 amide bonds. The smallest absolute Gasteiger partial charge is 0.410 e. The molecule has 5 nitrogen and oxygen atoms in total. The zero-order valence-corrected chi connectivity index (χ0v) is 22.6. The summed E-state index contributed by atoms with van der Waals surface area (Å²) in [6.07, 6.45) is 1.82. The number of carbonyl (C=O) groups is 1. The van der Waals surface area contributed by atoms with Crippen molar-refractivity contribution >= 4 is 6.09 Å². The summed E-state index contributed by atoms with van der Waals surface area (Å²) in [5.74, 6) is 1.16. The molecule has 5 heteroatoms. The third-order valence-electron chi connectivity index (χ3n) is 8.26. The molecule has 3 aromatic carbocycles. The maximum Gasteiger partial charge on any atom is 0.410 e. The quantitative estimate of drug-likeness (QED) is 0.352. The van der Waals surface area contributed by atoms with Crippen LogP contribution in [0.4, 0.5) is 4.79 Å². The topological polar surface area (TPSA) is 36.0 Å². The molecular formula is C33H41N3O2. The second kappa shape index (κ2) is 13.1. The zero-order valence-electron chi connectivity index (χ0n) is 22.6. The minimum absolute atomic E-state index is 0.189. The number of benzene rings is 3. The van der Waals surface area contributed by atoms with Gasteiger partial charge in [-0.25, -0.2) is 4.79 Å². The van der Waals surface area contributed by atoms with Gasteiger partial charge in [0.1, 0.15) is 6.61 Å².